The Kier molecular flexibility index (Phi) is 6.73. The van der Waals surface area contributed by atoms with Gasteiger partial charge in [-0.3, -0.25) is 4.79 Å². The van der Waals surface area contributed by atoms with Crippen molar-refractivity contribution in [2.75, 3.05) is 7.11 Å². The zero-order chi connectivity index (χ0) is 20.6. The molecule has 0 bridgehead atoms. The quantitative estimate of drug-likeness (QED) is 0.466. The number of carbonyl (C=O) groups is 1. The zero-order valence-corrected chi connectivity index (χ0v) is 16.8. The van der Waals surface area contributed by atoms with E-state index in [9.17, 15) is 4.79 Å². The molecule has 7 heteroatoms. The van der Waals surface area contributed by atoms with E-state index in [2.05, 4.69) is 20.5 Å². The Morgan fingerprint density at radius 3 is 2.62 bits per heavy atom. The molecular formula is C22H24N4O3. The molecule has 0 spiro atoms. The van der Waals surface area contributed by atoms with E-state index in [-0.39, 0.29) is 12.5 Å². The first-order valence-corrected chi connectivity index (χ1v) is 9.45. The fraction of sp³-hybridized carbons (Fsp3) is 0.273. The summed E-state index contributed by atoms with van der Waals surface area (Å²) in [5, 5.41) is 3.96. The van der Waals surface area contributed by atoms with E-state index in [1.54, 1.807) is 25.5 Å². The lowest BCUT2D eigenvalue weighted by molar-refractivity contribution is -0.121. The number of para-hydroxylation sites is 2. The van der Waals surface area contributed by atoms with Gasteiger partial charge < -0.3 is 9.47 Å². The highest BCUT2D eigenvalue weighted by Gasteiger charge is 2.09. The fourth-order valence-corrected chi connectivity index (χ4v) is 2.75. The van der Waals surface area contributed by atoms with Crippen molar-refractivity contribution in [3.8, 4) is 11.5 Å². The number of hydrazone groups is 1. The molecule has 0 fully saturated rings. The van der Waals surface area contributed by atoms with Crippen molar-refractivity contribution < 1.29 is 14.3 Å². The molecule has 1 aromatic heterocycles. The summed E-state index contributed by atoms with van der Waals surface area (Å²) in [5.41, 5.74) is 6.58. The summed E-state index contributed by atoms with van der Waals surface area (Å²) >= 11 is 0. The van der Waals surface area contributed by atoms with Crippen LogP contribution < -0.4 is 14.9 Å². The number of benzene rings is 2. The molecule has 1 amide bonds. The summed E-state index contributed by atoms with van der Waals surface area (Å²) in [6.07, 6.45) is 2.80. The number of nitrogens with zero attached hydrogens (tertiary/aromatic N) is 3. The Labute approximate surface area is 169 Å². The van der Waals surface area contributed by atoms with Gasteiger partial charge in [0.05, 0.1) is 35.7 Å². The Morgan fingerprint density at radius 1 is 1.14 bits per heavy atom. The molecule has 3 aromatic rings. The zero-order valence-electron chi connectivity index (χ0n) is 16.8. The third-order valence-electron chi connectivity index (χ3n) is 4.27. The van der Waals surface area contributed by atoms with Gasteiger partial charge in [-0.15, -0.1) is 0 Å². The molecule has 2 aromatic carbocycles. The number of aryl methyl sites for hydroxylation is 1. The molecule has 29 heavy (non-hydrogen) atoms. The molecule has 0 aliphatic carbocycles. The average Bonchev–Trinajstić information content (AvgIpc) is 2.72. The van der Waals surface area contributed by atoms with Gasteiger partial charge in [-0.25, -0.2) is 15.4 Å². The van der Waals surface area contributed by atoms with Crippen LogP contribution in [0.3, 0.4) is 0 Å². The summed E-state index contributed by atoms with van der Waals surface area (Å²) in [7, 11) is 1.58. The van der Waals surface area contributed by atoms with E-state index in [1.165, 1.54) is 0 Å². The van der Waals surface area contributed by atoms with Gasteiger partial charge in [0, 0.05) is 6.42 Å². The Morgan fingerprint density at radius 2 is 1.90 bits per heavy atom. The van der Waals surface area contributed by atoms with Gasteiger partial charge in [-0.05, 0) is 49.2 Å². The fourth-order valence-electron chi connectivity index (χ4n) is 2.75. The Balaban J connectivity index is 1.70. The van der Waals surface area contributed by atoms with E-state index in [0.717, 1.165) is 34.4 Å². The van der Waals surface area contributed by atoms with Crippen LogP contribution in [0.25, 0.3) is 11.0 Å². The summed E-state index contributed by atoms with van der Waals surface area (Å²) in [5.74, 6) is 1.05. The van der Waals surface area contributed by atoms with Crippen molar-refractivity contribution in [2.45, 2.75) is 33.3 Å². The number of hydrogen-bond acceptors (Lipinski definition) is 6. The van der Waals surface area contributed by atoms with Crippen LogP contribution in [0.1, 0.15) is 36.7 Å². The monoisotopic (exact) mass is 392 g/mol. The van der Waals surface area contributed by atoms with Gasteiger partial charge in [0.15, 0.2) is 11.5 Å². The second kappa shape index (κ2) is 9.64. The highest BCUT2D eigenvalue weighted by Crippen LogP contribution is 2.28. The first-order valence-electron chi connectivity index (χ1n) is 9.45. The molecule has 1 N–H and O–H groups in total. The minimum Gasteiger partial charge on any atom is -0.493 e. The lowest BCUT2D eigenvalue weighted by atomic mass is 10.2. The molecule has 0 unspecified atom stereocenters. The van der Waals surface area contributed by atoms with Crippen LogP contribution in [0.2, 0.25) is 0 Å². The summed E-state index contributed by atoms with van der Waals surface area (Å²) in [4.78, 5) is 20.7. The maximum Gasteiger partial charge on any atom is 0.240 e. The lowest BCUT2D eigenvalue weighted by Crippen LogP contribution is -2.16. The Hall–Kier alpha value is -3.48. The van der Waals surface area contributed by atoms with Crippen LogP contribution in [0.15, 0.2) is 47.6 Å². The Bertz CT molecular complexity index is 1030. The second-order valence-corrected chi connectivity index (χ2v) is 6.49. The van der Waals surface area contributed by atoms with E-state index in [4.69, 9.17) is 9.47 Å². The number of hydrogen-bond donors (Lipinski definition) is 1. The normalized spacial score (nSPS) is 11.0. The van der Waals surface area contributed by atoms with E-state index in [1.807, 2.05) is 44.2 Å². The first-order chi connectivity index (χ1) is 14.1. The van der Waals surface area contributed by atoms with Crippen LogP contribution in [-0.2, 0) is 11.4 Å². The second-order valence-electron chi connectivity index (χ2n) is 6.49. The van der Waals surface area contributed by atoms with Crippen molar-refractivity contribution in [3.63, 3.8) is 0 Å². The molecule has 3 rings (SSSR count). The van der Waals surface area contributed by atoms with Crippen molar-refractivity contribution in [3.05, 3.63) is 59.4 Å². The highest BCUT2D eigenvalue weighted by molar-refractivity contribution is 5.83. The van der Waals surface area contributed by atoms with E-state index < -0.39 is 0 Å². The topological polar surface area (TPSA) is 85.7 Å². The molecule has 7 nitrogen and oxygen atoms in total. The number of ether oxygens (including phenoxy) is 2. The molecule has 150 valence electrons. The van der Waals surface area contributed by atoms with Gasteiger partial charge in [0.1, 0.15) is 6.61 Å². The maximum atomic E-state index is 11.5. The van der Waals surface area contributed by atoms with Crippen LogP contribution in [-0.4, -0.2) is 29.2 Å². The van der Waals surface area contributed by atoms with Crippen molar-refractivity contribution in [2.24, 2.45) is 5.10 Å². The number of methoxy groups -OCH3 is 1. The first kappa shape index (κ1) is 20.3. The third kappa shape index (κ3) is 5.28. The number of aromatic nitrogens is 2. The molecule has 0 atom stereocenters. The van der Waals surface area contributed by atoms with Crippen molar-refractivity contribution >= 4 is 23.2 Å². The molecule has 0 saturated heterocycles. The summed E-state index contributed by atoms with van der Waals surface area (Å²) in [6.45, 7) is 4.14. The number of carbonyl (C=O) groups excluding carboxylic acids is 1. The minimum absolute atomic E-state index is 0.109. The van der Waals surface area contributed by atoms with Crippen LogP contribution in [0.4, 0.5) is 0 Å². The number of nitrogens with one attached hydrogen (secondary N) is 1. The largest absolute Gasteiger partial charge is 0.493 e. The molecule has 0 saturated carbocycles. The third-order valence-corrected chi connectivity index (χ3v) is 4.27. The van der Waals surface area contributed by atoms with Crippen LogP contribution in [0.5, 0.6) is 11.5 Å². The lowest BCUT2D eigenvalue weighted by Gasteiger charge is -2.12. The van der Waals surface area contributed by atoms with Crippen molar-refractivity contribution in [1.29, 1.82) is 0 Å². The maximum absolute atomic E-state index is 11.5. The number of amides is 1. The molecule has 1 heterocycles. The SMILES string of the molecule is CCCC(=O)NN=Cc1ccc(OCc2nc3ccccc3nc2C)c(OC)c1. The van der Waals surface area contributed by atoms with Crippen LogP contribution >= 0.6 is 0 Å². The standard InChI is InChI=1S/C22H24N4O3/c1-4-7-22(27)26-23-13-16-10-11-20(21(12-16)28-3)29-14-19-15(2)24-17-8-5-6-9-18(17)25-19/h5-6,8-13H,4,7,14H2,1-3H3,(H,26,27). The average molecular weight is 392 g/mol. The van der Waals surface area contributed by atoms with Crippen molar-refractivity contribution in [1.82, 2.24) is 15.4 Å². The number of rotatable bonds is 8. The predicted molar refractivity (Wildman–Crippen MR) is 112 cm³/mol. The molecule has 0 aliphatic rings. The van der Waals surface area contributed by atoms with Crippen LogP contribution in [0, 0.1) is 6.92 Å². The summed E-state index contributed by atoms with van der Waals surface area (Å²) < 4.78 is 11.4. The molecule has 0 radical (unpaired) electrons. The summed E-state index contributed by atoms with van der Waals surface area (Å²) in [6, 6.07) is 13.2. The minimum atomic E-state index is -0.109. The smallest absolute Gasteiger partial charge is 0.240 e. The van der Waals surface area contributed by atoms with Gasteiger partial charge >= 0.3 is 0 Å². The van der Waals surface area contributed by atoms with Gasteiger partial charge in [-0.1, -0.05) is 19.1 Å². The van der Waals surface area contributed by atoms with Gasteiger partial charge in [0.25, 0.3) is 0 Å². The highest BCUT2D eigenvalue weighted by atomic mass is 16.5. The van der Waals surface area contributed by atoms with E-state index >= 15 is 0 Å². The molecular weight excluding hydrogens is 368 g/mol. The van der Waals surface area contributed by atoms with Gasteiger partial charge in [-0.2, -0.15) is 5.10 Å². The predicted octanol–water partition coefficient (Wildman–Crippen LogP) is 3.78. The van der Waals surface area contributed by atoms with E-state index in [0.29, 0.717) is 17.9 Å². The number of fused-ring (bicyclic) bond motifs is 1. The van der Waals surface area contributed by atoms with Gasteiger partial charge in [0.2, 0.25) is 5.91 Å². The molecule has 0 aliphatic heterocycles.